The lowest BCUT2D eigenvalue weighted by Crippen LogP contribution is -2.49. The van der Waals surface area contributed by atoms with E-state index in [2.05, 4.69) is 15.5 Å². The topological polar surface area (TPSA) is 105 Å². The molecule has 1 atom stereocenters. The number of carbonyl (C=O) groups is 1. The zero-order valence-corrected chi connectivity index (χ0v) is 13.0. The quantitative estimate of drug-likeness (QED) is 0.891. The summed E-state index contributed by atoms with van der Waals surface area (Å²) in [6.45, 7) is 4.56. The number of pyridine rings is 1. The summed E-state index contributed by atoms with van der Waals surface area (Å²) in [6, 6.07) is 2.29. The maximum atomic E-state index is 13.0. The normalized spacial score (nSPS) is 18.0. The molecule has 1 aliphatic heterocycles. The lowest BCUT2D eigenvalue weighted by molar-refractivity contribution is -0.117. The Morgan fingerprint density at radius 2 is 2.09 bits per heavy atom. The Kier molecular flexibility index (Phi) is 3.17. The maximum absolute atomic E-state index is 13.0. The third-order valence-electron chi connectivity index (χ3n) is 3.47. The van der Waals surface area contributed by atoms with Crippen LogP contribution in [-0.4, -0.2) is 30.5 Å². The second kappa shape index (κ2) is 4.80. The van der Waals surface area contributed by atoms with Crippen molar-refractivity contribution >= 4 is 27.4 Å². The summed E-state index contributed by atoms with van der Waals surface area (Å²) < 4.78 is 32.0. The van der Waals surface area contributed by atoms with Crippen LogP contribution in [0.2, 0.25) is 0 Å². The van der Waals surface area contributed by atoms with Gasteiger partial charge in [0, 0.05) is 6.20 Å². The fraction of sp³-hybridized carbons (Fsp3) is 0.308. The van der Waals surface area contributed by atoms with Gasteiger partial charge in [-0.25, -0.2) is 17.7 Å². The number of nitrogens with zero attached hydrogens (tertiary/aromatic N) is 3. The molecule has 116 valence electrons. The Balaban J connectivity index is 2.24. The Morgan fingerprint density at radius 3 is 2.73 bits per heavy atom. The monoisotopic (exact) mass is 322 g/mol. The summed E-state index contributed by atoms with van der Waals surface area (Å²) in [4.78, 5) is 16.1. The van der Waals surface area contributed by atoms with E-state index in [0.29, 0.717) is 5.69 Å². The summed E-state index contributed by atoms with van der Waals surface area (Å²) in [5.74, 6) is -0.0707. The molecule has 1 amide bonds. The minimum absolute atomic E-state index is 0.0364. The van der Waals surface area contributed by atoms with E-state index in [1.54, 1.807) is 12.1 Å². The molecule has 9 heteroatoms. The fourth-order valence-corrected chi connectivity index (χ4v) is 4.35. The van der Waals surface area contributed by atoms with Crippen molar-refractivity contribution in [3.8, 4) is 0 Å². The molecule has 0 bridgehead atoms. The van der Waals surface area contributed by atoms with Gasteiger partial charge < -0.3 is 9.84 Å². The van der Waals surface area contributed by atoms with Gasteiger partial charge in [-0.3, -0.25) is 4.79 Å². The highest BCUT2D eigenvalue weighted by Crippen LogP contribution is 2.35. The van der Waals surface area contributed by atoms with Gasteiger partial charge in [0.15, 0.2) is 16.5 Å². The predicted molar refractivity (Wildman–Crippen MR) is 78.0 cm³/mol. The highest BCUT2D eigenvalue weighted by molar-refractivity contribution is 7.93. The molecule has 2 aromatic heterocycles. The zero-order valence-electron chi connectivity index (χ0n) is 12.2. The third-order valence-corrected chi connectivity index (χ3v) is 5.58. The summed E-state index contributed by atoms with van der Waals surface area (Å²) in [7, 11) is -4.02. The van der Waals surface area contributed by atoms with Crippen molar-refractivity contribution in [1.82, 2.24) is 10.1 Å². The number of carbonyl (C=O) groups excluding carboxylic acids is 1. The second-order valence-corrected chi connectivity index (χ2v) is 6.75. The first-order valence-corrected chi connectivity index (χ1v) is 8.01. The molecule has 0 radical (unpaired) electrons. The zero-order chi connectivity index (χ0) is 16.1. The molecule has 22 heavy (non-hydrogen) atoms. The first kappa shape index (κ1) is 14.5. The van der Waals surface area contributed by atoms with Gasteiger partial charge in [0.25, 0.3) is 10.0 Å². The average molecular weight is 322 g/mol. The minimum atomic E-state index is -4.02. The van der Waals surface area contributed by atoms with E-state index in [1.807, 2.05) is 0 Å². The highest BCUT2D eigenvalue weighted by atomic mass is 32.2. The number of anilines is 2. The first-order chi connectivity index (χ1) is 10.3. The molecule has 0 saturated carbocycles. The molecule has 0 saturated heterocycles. The summed E-state index contributed by atoms with van der Waals surface area (Å²) in [5.41, 5.74) is 0.592. The van der Waals surface area contributed by atoms with Crippen LogP contribution in [0.25, 0.3) is 0 Å². The summed E-state index contributed by atoms with van der Waals surface area (Å²) in [6.07, 6.45) is 1.47. The maximum Gasteiger partial charge on any atom is 0.271 e. The molecular formula is C13H14N4O4S. The van der Waals surface area contributed by atoms with Gasteiger partial charge in [-0.1, -0.05) is 5.16 Å². The number of hydrogen-bond donors (Lipinski definition) is 1. The number of aromatic nitrogens is 2. The highest BCUT2D eigenvalue weighted by Gasteiger charge is 2.41. The van der Waals surface area contributed by atoms with Crippen LogP contribution >= 0.6 is 0 Å². The van der Waals surface area contributed by atoms with E-state index >= 15 is 0 Å². The Labute approximate surface area is 127 Å². The van der Waals surface area contributed by atoms with Crippen LogP contribution in [0.4, 0.5) is 11.5 Å². The molecule has 1 unspecified atom stereocenters. The van der Waals surface area contributed by atoms with Gasteiger partial charge in [-0.15, -0.1) is 0 Å². The molecular weight excluding hydrogens is 308 g/mol. The molecule has 1 aliphatic rings. The smallest absolute Gasteiger partial charge is 0.271 e. The van der Waals surface area contributed by atoms with E-state index in [0.717, 1.165) is 4.31 Å². The Bertz CT molecular complexity index is 839. The van der Waals surface area contributed by atoms with Crippen molar-refractivity contribution in [1.29, 1.82) is 0 Å². The predicted octanol–water partition coefficient (Wildman–Crippen LogP) is 1.22. The molecule has 3 rings (SSSR count). The fourth-order valence-electron chi connectivity index (χ4n) is 2.46. The van der Waals surface area contributed by atoms with E-state index in [9.17, 15) is 13.2 Å². The van der Waals surface area contributed by atoms with Crippen LogP contribution in [0.3, 0.4) is 0 Å². The molecule has 0 fully saturated rings. The number of fused-ring (bicyclic) bond motifs is 1. The van der Waals surface area contributed by atoms with E-state index < -0.39 is 22.0 Å². The number of sulfonamides is 1. The van der Waals surface area contributed by atoms with Gasteiger partial charge in [0.05, 0.1) is 5.69 Å². The molecule has 3 heterocycles. The molecule has 8 nitrogen and oxygen atoms in total. The van der Waals surface area contributed by atoms with Crippen LogP contribution in [0.5, 0.6) is 0 Å². The molecule has 0 spiro atoms. The molecule has 1 N–H and O–H groups in total. The number of aryl methyl sites for hydroxylation is 2. The Morgan fingerprint density at radius 1 is 1.36 bits per heavy atom. The number of amides is 1. The van der Waals surface area contributed by atoms with E-state index in [4.69, 9.17) is 4.52 Å². The number of rotatable bonds is 2. The van der Waals surface area contributed by atoms with Crippen molar-refractivity contribution < 1.29 is 17.7 Å². The molecule has 0 aromatic carbocycles. The van der Waals surface area contributed by atoms with Crippen LogP contribution in [0.15, 0.2) is 27.7 Å². The van der Waals surface area contributed by atoms with E-state index in [-0.39, 0.29) is 22.2 Å². The van der Waals surface area contributed by atoms with Crippen molar-refractivity contribution in [3.05, 3.63) is 29.8 Å². The van der Waals surface area contributed by atoms with Crippen LogP contribution in [0, 0.1) is 13.8 Å². The van der Waals surface area contributed by atoms with Gasteiger partial charge in [0.2, 0.25) is 5.91 Å². The van der Waals surface area contributed by atoms with Crippen LogP contribution in [0.1, 0.15) is 18.4 Å². The van der Waals surface area contributed by atoms with Crippen molar-refractivity contribution in [2.24, 2.45) is 0 Å². The van der Waals surface area contributed by atoms with Gasteiger partial charge in [-0.2, -0.15) is 0 Å². The van der Waals surface area contributed by atoms with Crippen molar-refractivity contribution in [3.63, 3.8) is 0 Å². The van der Waals surface area contributed by atoms with Crippen LogP contribution < -0.4 is 9.62 Å². The lowest BCUT2D eigenvalue weighted by Gasteiger charge is -2.33. The molecule has 2 aromatic rings. The largest absolute Gasteiger partial charge is 0.360 e. The van der Waals surface area contributed by atoms with Crippen molar-refractivity contribution in [2.45, 2.75) is 31.7 Å². The average Bonchev–Trinajstić information content (AvgIpc) is 2.79. The van der Waals surface area contributed by atoms with Gasteiger partial charge >= 0.3 is 0 Å². The first-order valence-electron chi connectivity index (χ1n) is 6.57. The van der Waals surface area contributed by atoms with E-state index in [1.165, 1.54) is 27.0 Å². The van der Waals surface area contributed by atoms with Gasteiger partial charge in [0.1, 0.15) is 11.7 Å². The number of hydrogen-bond acceptors (Lipinski definition) is 6. The third kappa shape index (κ3) is 1.97. The summed E-state index contributed by atoms with van der Waals surface area (Å²) in [5, 5.41) is 6.32. The van der Waals surface area contributed by atoms with Gasteiger partial charge in [-0.05, 0) is 32.9 Å². The number of nitrogens with one attached hydrogen (secondary N) is 1. The molecule has 0 aliphatic carbocycles. The summed E-state index contributed by atoms with van der Waals surface area (Å²) >= 11 is 0. The second-order valence-electron chi connectivity index (χ2n) is 4.99. The standard InChI is InChI=1S/C13H14N4O4S/c1-7-11(9(3)21-16-7)22(19,20)17-8(2)13(18)15-10-5-4-6-14-12(10)17/h4-6,8H,1-3H3,(H,15,18). The SMILES string of the molecule is Cc1noc(C)c1S(=O)(=O)N1c2ncccc2NC(=O)C1C. The van der Waals surface area contributed by atoms with Crippen LogP contribution in [-0.2, 0) is 14.8 Å². The Hall–Kier alpha value is -2.42. The lowest BCUT2D eigenvalue weighted by atomic mass is 10.2. The minimum Gasteiger partial charge on any atom is -0.360 e. The van der Waals surface area contributed by atoms with Crippen molar-refractivity contribution in [2.75, 3.05) is 9.62 Å².